The zero-order valence-corrected chi connectivity index (χ0v) is 17.2. The number of hydrogen-bond donors (Lipinski definition) is 1. The van der Waals surface area contributed by atoms with Gasteiger partial charge in [-0.15, -0.1) is 0 Å². The molecule has 28 heavy (non-hydrogen) atoms. The molecule has 0 aliphatic carbocycles. The molecule has 1 heterocycles. The fourth-order valence-corrected chi connectivity index (χ4v) is 4.26. The molecule has 3 rings (SSSR count). The Morgan fingerprint density at radius 1 is 1.18 bits per heavy atom. The van der Waals surface area contributed by atoms with Crippen LogP contribution in [0.15, 0.2) is 48.5 Å². The third-order valence-corrected chi connectivity index (χ3v) is 5.98. The lowest BCUT2D eigenvalue weighted by Gasteiger charge is -2.43. The van der Waals surface area contributed by atoms with Gasteiger partial charge in [0.2, 0.25) is 0 Å². The minimum absolute atomic E-state index is 0.00201. The smallest absolute Gasteiger partial charge is 0.127 e. The average Bonchev–Trinajstić information content (AvgIpc) is 2.72. The summed E-state index contributed by atoms with van der Waals surface area (Å²) in [5.41, 5.74) is 1.97. The molecule has 0 saturated carbocycles. The standard InChI is InChI=1S/C24H32FNO2/c1-18(2)23-16-24(13-15-28-23,20-9-5-7-11-22(20)27-3)12-14-26-17-19-8-4-6-10-21(19)25/h4-11,18,23,26H,12-17H2,1-3H3/t23-,24+/m1/s1. The molecule has 0 bridgehead atoms. The summed E-state index contributed by atoms with van der Waals surface area (Å²) in [6.07, 6.45) is 3.16. The number of methoxy groups -OCH3 is 1. The molecular weight excluding hydrogens is 353 g/mol. The Morgan fingerprint density at radius 3 is 2.68 bits per heavy atom. The first-order valence-electron chi connectivity index (χ1n) is 10.2. The van der Waals surface area contributed by atoms with E-state index in [9.17, 15) is 4.39 Å². The zero-order chi connectivity index (χ0) is 20.0. The van der Waals surface area contributed by atoms with Crippen LogP contribution in [0.4, 0.5) is 4.39 Å². The van der Waals surface area contributed by atoms with Crippen LogP contribution in [0, 0.1) is 11.7 Å². The molecule has 0 unspecified atom stereocenters. The first-order valence-corrected chi connectivity index (χ1v) is 10.2. The van der Waals surface area contributed by atoms with Crippen molar-refractivity contribution >= 4 is 0 Å². The SMILES string of the molecule is COc1ccccc1[C@@]1(CCNCc2ccccc2F)CCO[C@@H](C(C)C)C1. The number of benzene rings is 2. The molecule has 1 N–H and O–H groups in total. The molecule has 3 nitrogen and oxygen atoms in total. The number of rotatable bonds is 8. The first kappa shape index (κ1) is 20.8. The number of ether oxygens (including phenoxy) is 2. The lowest BCUT2D eigenvalue weighted by atomic mass is 9.68. The van der Waals surface area contributed by atoms with E-state index in [1.807, 2.05) is 24.3 Å². The molecule has 0 radical (unpaired) electrons. The van der Waals surface area contributed by atoms with Crippen molar-refractivity contribution in [2.75, 3.05) is 20.3 Å². The van der Waals surface area contributed by atoms with Crippen molar-refractivity contribution in [2.24, 2.45) is 5.92 Å². The predicted octanol–water partition coefficient (Wildman–Crippen LogP) is 5.09. The van der Waals surface area contributed by atoms with Gasteiger partial charge in [0.25, 0.3) is 0 Å². The molecule has 1 aliphatic rings. The Hall–Kier alpha value is -1.91. The van der Waals surface area contributed by atoms with Crippen LogP contribution in [-0.2, 0) is 16.7 Å². The minimum Gasteiger partial charge on any atom is -0.496 e. The van der Waals surface area contributed by atoms with Gasteiger partial charge in [-0.2, -0.15) is 0 Å². The highest BCUT2D eigenvalue weighted by Gasteiger charge is 2.40. The molecule has 4 heteroatoms. The molecular formula is C24H32FNO2. The topological polar surface area (TPSA) is 30.5 Å². The van der Waals surface area contributed by atoms with Crippen molar-refractivity contribution in [3.63, 3.8) is 0 Å². The Balaban J connectivity index is 1.76. The van der Waals surface area contributed by atoms with E-state index < -0.39 is 0 Å². The van der Waals surface area contributed by atoms with Gasteiger partial charge in [0.1, 0.15) is 11.6 Å². The largest absolute Gasteiger partial charge is 0.496 e. The number of hydrogen-bond acceptors (Lipinski definition) is 3. The van der Waals surface area contributed by atoms with Gasteiger partial charge < -0.3 is 14.8 Å². The molecule has 1 saturated heterocycles. The lowest BCUT2D eigenvalue weighted by molar-refractivity contribution is -0.0473. The third kappa shape index (κ3) is 4.73. The highest BCUT2D eigenvalue weighted by Crippen LogP contribution is 2.45. The van der Waals surface area contributed by atoms with Gasteiger partial charge >= 0.3 is 0 Å². The van der Waals surface area contributed by atoms with Crippen LogP contribution in [-0.4, -0.2) is 26.4 Å². The average molecular weight is 386 g/mol. The van der Waals surface area contributed by atoms with Gasteiger partial charge in [-0.25, -0.2) is 4.39 Å². The van der Waals surface area contributed by atoms with Crippen molar-refractivity contribution in [1.82, 2.24) is 5.32 Å². The van der Waals surface area contributed by atoms with Crippen molar-refractivity contribution in [3.05, 3.63) is 65.5 Å². The number of halogens is 1. The molecule has 0 amide bonds. The Labute approximate surface area is 168 Å². The summed E-state index contributed by atoms with van der Waals surface area (Å²) in [4.78, 5) is 0. The maximum Gasteiger partial charge on any atom is 0.127 e. The van der Waals surface area contributed by atoms with Crippen LogP contribution in [0.5, 0.6) is 5.75 Å². The van der Waals surface area contributed by atoms with E-state index in [1.54, 1.807) is 13.2 Å². The summed E-state index contributed by atoms with van der Waals surface area (Å²) in [5.74, 6) is 1.27. The highest BCUT2D eigenvalue weighted by atomic mass is 19.1. The normalized spacial score (nSPS) is 22.4. The van der Waals surface area contributed by atoms with Gasteiger partial charge in [-0.05, 0) is 43.9 Å². The summed E-state index contributed by atoms with van der Waals surface area (Å²) in [6.45, 7) is 6.56. The Kier molecular flexibility index (Phi) is 7.08. The molecule has 1 fully saturated rings. The molecule has 2 aromatic carbocycles. The van der Waals surface area contributed by atoms with Gasteiger partial charge in [0, 0.05) is 29.7 Å². The van der Waals surface area contributed by atoms with E-state index in [4.69, 9.17) is 9.47 Å². The summed E-state index contributed by atoms with van der Waals surface area (Å²) in [5, 5.41) is 3.44. The van der Waals surface area contributed by atoms with Gasteiger partial charge in [-0.1, -0.05) is 50.2 Å². The van der Waals surface area contributed by atoms with E-state index in [-0.39, 0.29) is 17.3 Å². The summed E-state index contributed by atoms with van der Waals surface area (Å²) >= 11 is 0. The fraction of sp³-hybridized carbons (Fsp3) is 0.500. The molecule has 2 aromatic rings. The third-order valence-electron chi connectivity index (χ3n) is 5.98. The summed E-state index contributed by atoms with van der Waals surface area (Å²) in [7, 11) is 1.74. The summed E-state index contributed by atoms with van der Waals surface area (Å²) < 4.78 is 25.6. The second-order valence-electron chi connectivity index (χ2n) is 8.11. The number of nitrogens with one attached hydrogen (secondary N) is 1. The van der Waals surface area contributed by atoms with Crippen molar-refractivity contribution in [2.45, 2.75) is 51.2 Å². The van der Waals surface area contributed by atoms with Gasteiger partial charge in [0.15, 0.2) is 0 Å². The second kappa shape index (κ2) is 9.53. The molecule has 152 valence electrons. The molecule has 1 aliphatic heterocycles. The van der Waals surface area contributed by atoms with Crippen LogP contribution in [0.3, 0.4) is 0 Å². The molecule has 2 atom stereocenters. The van der Waals surface area contributed by atoms with Crippen LogP contribution < -0.4 is 10.1 Å². The lowest BCUT2D eigenvalue weighted by Crippen LogP contribution is -2.42. The zero-order valence-electron chi connectivity index (χ0n) is 17.2. The second-order valence-corrected chi connectivity index (χ2v) is 8.11. The van der Waals surface area contributed by atoms with E-state index in [2.05, 4.69) is 31.3 Å². The molecule has 0 aromatic heterocycles. The highest BCUT2D eigenvalue weighted by molar-refractivity contribution is 5.40. The summed E-state index contributed by atoms with van der Waals surface area (Å²) in [6, 6.07) is 15.3. The van der Waals surface area contributed by atoms with E-state index in [0.29, 0.717) is 18.0 Å². The Bertz CT molecular complexity index is 764. The van der Waals surface area contributed by atoms with E-state index in [1.165, 1.54) is 11.6 Å². The van der Waals surface area contributed by atoms with Gasteiger partial charge in [0.05, 0.1) is 13.2 Å². The maximum absolute atomic E-state index is 13.9. The quantitative estimate of drug-likeness (QED) is 0.642. The first-order chi connectivity index (χ1) is 13.6. The number of para-hydroxylation sites is 1. The van der Waals surface area contributed by atoms with Crippen LogP contribution in [0.2, 0.25) is 0 Å². The van der Waals surface area contributed by atoms with Crippen LogP contribution in [0.1, 0.15) is 44.2 Å². The molecule has 0 spiro atoms. The van der Waals surface area contributed by atoms with Crippen molar-refractivity contribution in [1.29, 1.82) is 0 Å². The van der Waals surface area contributed by atoms with Crippen molar-refractivity contribution < 1.29 is 13.9 Å². The van der Waals surface area contributed by atoms with E-state index >= 15 is 0 Å². The fourth-order valence-electron chi connectivity index (χ4n) is 4.26. The van der Waals surface area contributed by atoms with Crippen LogP contribution in [0.25, 0.3) is 0 Å². The monoisotopic (exact) mass is 385 g/mol. The van der Waals surface area contributed by atoms with E-state index in [0.717, 1.165) is 38.2 Å². The van der Waals surface area contributed by atoms with Crippen LogP contribution >= 0.6 is 0 Å². The minimum atomic E-state index is -0.152. The maximum atomic E-state index is 13.9. The predicted molar refractivity (Wildman–Crippen MR) is 111 cm³/mol. The Morgan fingerprint density at radius 2 is 1.93 bits per heavy atom. The van der Waals surface area contributed by atoms with Gasteiger partial charge in [-0.3, -0.25) is 0 Å². The van der Waals surface area contributed by atoms with Crippen molar-refractivity contribution in [3.8, 4) is 5.75 Å².